The van der Waals surface area contributed by atoms with Gasteiger partial charge in [0.05, 0.1) is 71.2 Å². The Kier molecular flexibility index (Phi) is 28.4. The number of Topliss-reactive ketones (excluding diaryl/α,β-unsaturated/α-hetero) is 1. The number of nitrogens with two attached hydrogens (primary N) is 1. The van der Waals surface area contributed by atoms with E-state index in [1.165, 1.54) is 24.3 Å². The van der Waals surface area contributed by atoms with Gasteiger partial charge in [-0.15, -0.1) is 0 Å². The highest BCUT2D eigenvalue weighted by Gasteiger charge is 2.75. The van der Waals surface area contributed by atoms with Crippen molar-refractivity contribution in [2.45, 2.75) is 135 Å². The predicted molar refractivity (Wildman–Crippen MR) is 371 cm³/mol. The molecule has 3 fully saturated rings. The van der Waals surface area contributed by atoms with Gasteiger partial charge in [0.1, 0.15) is 44.2 Å². The fourth-order valence-electron chi connectivity index (χ4n) is 14.5. The van der Waals surface area contributed by atoms with Gasteiger partial charge >= 0.3 is 12.1 Å². The maximum Gasteiger partial charge on any atom is 0.407 e. The number of alkyl carbamates (subject to hydrolysis) is 1. The van der Waals surface area contributed by atoms with Crippen molar-refractivity contribution in [1.82, 2.24) is 31.9 Å². The molecule has 552 valence electrons. The van der Waals surface area contributed by atoms with Crippen LogP contribution in [-0.4, -0.2) is 185 Å². The lowest BCUT2D eigenvalue weighted by molar-refractivity contribution is -0.220. The molecule has 0 bridgehead atoms. The Labute approximate surface area is 593 Å². The number of amides is 9. The lowest BCUT2D eigenvalue weighted by Crippen LogP contribution is -2.69. The van der Waals surface area contributed by atoms with Gasteiger partial charge in [0.25, 0.3) is 0 Å². The van der Waals surface area contributed by atoms with E-state index in [4.69, 9.17) is 34.2 Å². The molecule has 1 heterocycles. The number of carbonyl (C=O) groups is 10. The molecule has 27 nitrogen and oxygen atoms in total. The summed E-state index contributed by atoms with van der Waals surface area (Å²) in [6.45, 7) is 9.39. The van der Waals surface area contributed by atoms with Crippen LogP contribution < -0.4 is 47.9 Å². The summed E-state index contributed by atoms with van der Waals surface area (Å²) < 4.78 is 50.6. The summed E-state index contributed by atoms with van der Waals surface area (Å²) in [5.41, 5.74) is 3.37. The van der Waals surface area contributed by atoms with Gasteiger partial charge < -0.3 is 86.5 Å². The molecule has 0 radical (unpaired) electrons. The Morgan fingerprint density at radius 3 is 2.11 bits per heavy atom. The number of carbonyl (C=O) groups excluding carboxylic acids is 10. The second-order valence-electron chi connectivity index (χ2n) is 27.0. The first-order valence-electron chi connectivity index (χ1n) is 34.7. The van der Waals surface area contributed by atoms with Gasteiger partial charge in [0.2, 0.25) is 35.4 Å². The quantitative estimate of drug-likeness (QED) is 0.0219. The van der Waals surface area contributed by atoms with Gasteiger partial charge in [-0.2, -0.15) is 0 Å². The normalized spacial score (nSPS) is 23.4. The number of primary amides is 1. The number of para-hydroxylation sites is 1. The number of alkyl halides is 1. The SMILES string of the molecule is CC(C)[C@H](NC(=O)CCOCCOCCOCCOCCNC(=O)CCC(=O)N1Cc2ccccc2C#Cc2ccccc21)C(=O)N[C@@H](CCCNC(N)=O)C(=O)Nc1ccc(COC(=O)NCC(=O)NCOCC(=O)[C@@]2(O)[C@H](C)C[C@H]3[C@@H]4CCC5=CC(=O)C=C[C@]5(C)[C@@]4(F)[C@@H](O)C[C@@]32C)cc1. The fraction of sp³-hybridized carbons (Fsp3) is 0.541. The number of allylic oxidation sites excluding steroid dienone is 4. The van der Waals surface area contributed by atoms with Crippen LogP contribution in [0.2, 0.25) is 0 Å². The number of anilines is 2. The summed E-state index contributed by atoms with van der Waals surface area (Å²) in [5, 5.41) is 42.1. The van der Waals surface area contributed by atoms with Crippen molar-refractivity contribution >= 4 is 70.5 Å². The largest absolute Gasteiger partial charge is 0.445 e. The Morgan fingerprint density at radius 2 is 1.40 bits per heavy atom. The van der Waals surface area contributed by atoms with Crippen molar-refractivity contribution in [3.63, 3.8) is 0 Å². The number of nitrogens with one attached hydrogen (secondary N) is 7. The van der Waals surface area contributed by atoms with Crippen molar-refractivity contribution in [1.29, 1.82) is 0 Å². The minimum Gasteiger partial charge on any atom is -0.445 e. The van der Waals surface area contributed by atoms with Gasteiger partial charge in [0.15, 0.2) is 17.2 Å². The molecule has 3 aromatic carbocycles. The Bertz CT molecular complexity index is 3640. The summed E-state index contributed by atoms with van der Waals surface area (Å²) in [4.78, 5) is 131. The highest BCUT2D eigenvalue weighted by molar-refractivity contribution is 6.02. The van der Waals surface area contributed by atoms with Crippen LogP contribution in [0.25, 0.3) is 0 Å². The second-order valence-corrected chi connectivity index (χ2v) is 27.0. The molecule has 0 aromatic heterocycles. The summed E-state index contributed by atoms with van der Waals surface area (Å²) in [6.07, 6.45) is 3.03. The predicted octanol–water partition coefficient (Wildman–Crippen LogP) is 4.23. The lowest BCUT2D eigenvalue weighted by Gasteiger charge is -2.62. The van der Waals surface area contributed by atoms with Gasteiger partial charge in [-0.25, -0.2) is 14.0 Å². The van der Waals surface area contributed by atoms with Crippen LogP contribution in [0.3, 0.4) is 0 Å². The van der Waals surface area contributed by atoms with E-state index in [0.717, 1.165) is 16.7 Å². The molecule has 10 atom stereocenters. The number of urea groups is 1. The zero-order valence-corrected chi connectivity index (χ0v) is 58.5. The molecule has 4 aliphatic carbocycles. The third kappa shape index (κ3) is 19.8. The maximum absolute atomic E-state index is 17.6. The van der Waals surface area contributed by atoms with Crippen molar-refractivity contribution in [2.75, 3.05) is 96.0 Å². The van der Waals surface area contributed by atoms with Crippen LogP contribution in [0.4, 0.5) is 25.4 Å². The molecular weight excluding hydrogens is 1320 g/mol. The van der Waals surface area contributed by atoms with Gasteiger partial charge in [0, 0.05) is 65.9 Å². The Balaban J connectivity index is 0.655. The molecule has 102 heavy (non-hydrogen) atoms. The first-order chi connectivity index (χ1) is 48.8. The maximum atomic E-state index is 17.6. The lowest BCUT2D eigenvalue weighted by atomic mass is 9.44. The van der Waals surface area contributed by atoms with Crippen molar-refractivity contribution in [3.05, 3.63) is 119 Å². The number of aliphatic hydroxyl groups is 2. The minimum atomic E-state index is -2.13. The van der Waals surface area contributed by atoms with E-state index in [1.54, 1.807) is 57.7 Å². The van der Waals surface area contributed by atoms with Gasteiger partial charge in [-0.3, -0.25) is 38.4 Å². The standard InChI is InChI=1S/C74H96FN9O18/c1-47(2)66(83-63(89)27-31-97-33-35-99-37-38-100-36-34-98-32-30-77-62(88)24-25-65(91)84-43-52-13-7-6-11-50(52)18-19-51-12-8-9-15-59(51)84)68(93)82-58(14-10-29-78-69(76)94)67(92)81-54-21-16-49(17-22-54)44-102-70(95)79-42-64(90)80-46-101-45-61(87)74(96)48(3)39-57-56-23-20-53-40-55(85)26-28-71(53,4)73(56,75)60(86)41-72(57,74)5/h6-9,11-13,15-17,21-22,26,28,40,47-48,56-58,60,66,86,96H,10,14,20,23-25,27,29-39,41-46H2,1-5H3,(H,77,88)(H,79,95)(H,80,90)(H,81,92)(H,82,93)(H,83,89)(H3,76,78,94)/t48-,56+,57+,58+,60+,66+,71+,72+,73+,74+/m1/s1. The molecule has 28 heteroatoms. The number of hydrogen-bond acceptors (Lipinski definition) is 18. The van der Waals surface area contributed by atoms with E-state index in [2.05, 4.69) is 49.1 Å². The third-order valence-corrected chi connectivity index (χ3v) is 20.0. The number of nitrogens with zero attached hydrogens (tertiary/aromatic N) is 1. The second kappa shape index (κ2) is 36.8. The smallest absolute Gasteiger partial charge is 0.407 e. The number of fused-ring (bicyclic) bond motifs is 7. The number of hydrogen-bond donors (Lipinski definition) is 10. The highest BCUT2D eigenvalue weighted by Crippen LogP contribution is 2.70. The summed E-state index contributed by atoms with van der Waals surface area (Å²) in [6, 6.07) is 18.5. The zero-order valence-electron chi connectivity index (χ0n) is 58.5. The number of aliphatic hydroxyl groups excluding tert-OH is 1. The average Bonchev–Trinajstić information content (AvgIpc) is 1.38. The van der Waals surface area contributed by atoms with E-state index in [0.29, 0.717) is 68.1 Å². The minimum absolute atomic E-state index is 0.0231. The number of ketones is 2. The van der Waals surface area contributed by atoms with Crippen molar-refractivity contribution < 1.29 is 91.0 Å². The summed E-state index contributed by atoms with van der Waals surface area (Å²) >= 11 is 0. The molecular formula is C74H96FN9O18. The van der Waals surface area contributed by atoms with Crippen molar-refractivity contribution in [2.24, 2.45) is 40.2 Å². The van der Waals surface area contributed by atoms with Crippen LogP contribution in [-0.2, 0) is 79.9 Å². The molecule has 11 N–H and O–H groups in total. The summed E-state index contributed by atoms with van der Waals surface area (Å²) in [7, 11) is 0. The molecule has 5 aliphatic rings. The van der Waals surface area contributed by atoms with E-state index in [-0.39, 0.29) is 109 Å². The molecule has 8 rings (SSSR count). The first-order valence-corrected chi connectivity index (χ1v) is 34.7. The topological polar surface area (TPSA) is 380 Å². The van der Waals surface area contributed by atoms with Crippen LogP contribution in [0.5, 0.6) is 0 Å². The fourth-order valence-corrected chi connectivity index (χ4v) is 14.5. The van der Waals surface area contributed by atoms with E-state index in [9.17, 15) is 58.2 Å². The number of halogens is 1. The molecule has 9 amide bonds. The number of benzene rings is 3. The van der Waals surface area contributed by atoms with Gasteiger partial charge in [-0.1, -0.05) is 93.6 Å². The number of ether oxygens (including phenoxy) is 6. The van der Waals surface area contributed by atoms with Crippen LogP contribution >= 0.6 is 0 Å². The zero-order chi connectivity index (χ0) is 73.6. The van der Waals surface area contributed by atoms with Crippen molar-refractivity contribution in [3.8, 4) is 11.8 Å². The van der Waals surface area contributed by atoms with Crippen LogP contribution in [0, 0.1) is 46.3 Å². The highest BCUT2D eigenvalue weighted by atomic mass is 19.1. The molecule has 3 aromatic rings. The first kappa shape index (κ1) is 78.8. The molecule has 0 spiro atoms. The Morgan fingerprint density at radius 1 is 0.735 bits per heavy atom. The Hall–Kier alpha value is -8.95. The average molecular weight is 1420 g/mol. The summed E-state index contributed by atoms with van der Waals surface area (Å²) in [5.74, 6) is 0.466. The molecule has 0 unspecified atom stereocenters. The van der Waals surface area contributed by atoms with E-state index >= 15 is 4.39 Å². The third-order valence-electron chi connectivity index (χ3n) is 20.0. The molecule has 3 saturated carbocycles. The van der Waals surface area contributed by atoms with Gasteiger partial charge in [-0.05, 0) is 117 Å². The number of rotatable bonds is 37. The van der Waals surface area contributed by atoms with Crippen LogP contribution in [0.1, 0.15) is 115 Å². The van der Waals surface area contributed by atoms with E-state index in [1.807, 2.05) is 48.5 Å². The van der Waals surface area contributed by atoms with E-state index < -0.39 is 125 Å². The molecule has 0 saturated heterocycles. The monoisotopic (exact) mass is 1420 g/mol. The van der Waals surface area contributed by atoms with Crippen LogP contribution in [0.15, 0.2) is 96.6 Å². The molecule has 1 aliphatic heterocycles.